The quantitative estimate of drug-likeness (QED) is 0.702. The van der Waals surface area contributed by atoms with Crippen molar-refractivity contribution in [3.8, 4) is 0 Å². The highest BCUT2D eigenvalue weighted by Crippen LogP contribution is 2.20. The van der Waals surface area contributed by atoms with Crippen molar-refractivity contribution >= 4 is 11.8 Å². The Hall–Kier alpha value is -0.480. The van der Waals surface area contributed by atoms with Gasteiger partial charge in [0.1, 0.15) is 0 Å². The van der Waals surface area contributed by atoms with Gasteiger partial charge < -0.3 is 5.32 Å². The van der Waals surface area contributed by atoms with Crippen molar-refractivity contribution in [1.82, 2.24) is 15.1 Å². The maximum atomic E-state index is 4.48. The van der Waals surface area contributed by atoms with Crippen molar-refractivity contribution < 1.29 is 0 Å². The topological polar surface area (TPSA) is 29.9 Å². The number of aryl methyl sites for hydroxylation is 2. The molecule has 1 unspecified atom stereocenters. The molecule has 3 nitrogen and oxygen atoms in total. The molecule has 0 saturated heterocycles. The summed E-state index contributed by atoms with van der Waals surface area (Å²) in [5, 5.41) is 8.11. The standard InChI is InChI=1S/C15H29N3S/c1-12(15-13(2)17-18(4)14(15)3)16-10-8-6-7-9-11-19-5/h12,16H,6-11H2,1-5H3. The first-order valence-electron chi connectivity index (χ1n) is 7.30. The molecule has 19 heavy (non-hydrogen) atoms. The third-order valence-electron chi connectivity index (χ3n) is 3.72. The molecule has 1 heterocycles. The van der Waals surface area contributed by atoms with Gasteiger partial charge in [-0.15, -0.1) is 0 Å². The first-order chi connectivity index (χ1) is 9.07. The number of nitrogens with one attached hydrogen (secondary N) is 1. The van der Waals surface area contributed by atoms with Crippen LogP contribution >= 0.6 is 11.8 Å². The Balaban J connectivity index is 2.26. The maximum Gasteiger partial charge on any atom is 0.0644 e. The van der Waals surface area contributed by atoms with Crippen LogP contribution in [-0.2, 0) is 7.05 Å². The number of hydrogen-bond donors (Lipinski definition) is 1. The van der Waals surface area contributed by atoms with E-state index in [2.05, 4.69) is 37.4 Å². The van der Waals surface area contributed by atoms with E-state index in [9.17, 15) is 0 Å². The SMILES string of the molecule is CSCCCCCCNC(C)c1c(C)nn(C)c1C. The lowest BCUT2D eigenvalue weighted by Gasteiger charge is -2.14. The molecule has 1 atom stereocenters. The van der Waals surface area contributed by atoms with Gasteiger partial charge in [0.15, 0.2) is 0 Å². The van der Waals surface area contributed by atoms with Gasteiger partial charge >= 0.3 is 0 Å². The van der Waals surface area contributed by atoms with E-state index in [1.54, 1.807) is 0 Å². The minimum absolute atomic E-state index is 0.403. The normalized spacial score (nSPS) is 12.9. The zero-order valence-corrected chi connectivity index (χ0v) is 13.9. The van der Waals surface area contributed by atoms with Gasteiger partial charge in [-0.05, 0) is 52.2 Å². The molecule has 1 rings (SSSR count). The highest BCUT2D eigenvalue weighted by molar-refractivity contribution is 7.98. The van der Waals surface area contributed by atoms with Crippen LogP contribution in [-0.4, -0.2) is 28.3 Å². The summed E-state index contributed by atoms with van der Waals surface area (Å²) in [6.07, 6.45) is 7.52. The van der Waals surface area contributed by atoms with Crippen LogP contribution in [0.2, 0.25) is 0 Å². The molecule has 1 N–H and O–H groups in total. The predicted octanol–water partition coefficient (Wildman–Crippen LogP) is 3.61. The van der Waals surface area contributed by atoms with E-state index in [1.165, 1.54) is 42.7 Å². The molecule has 0 amide bonds. The van der Waals surface area contributed by atoms with Gasteiger partial charge in [0, 0.05) is 24.3 Å². The predicted molar refractivity (Wildman–Crippen MR) is 85.9 cm³/mol. The van der Waals surface area contributed by atoms with Crippen LogP contribution in [0.15, 0.2) is 0 Å². The molecular formula is C15H29N3S. The molecule has 1 aromatic heterocycles. The Morgan fingerprint density at radius 3 is 2.47 bits per heavy atom. The molecule has 0 bridgehead atoms. The van der Waals surface area contributed by atoms with E-state index in [1.807, 2.05) is 23.5 Å². The van der Waals surface area contributed by atoms with E-state index in [0.717, 1.165) is 12.2 Å². The summed E-state index contributed by atoms with van der Waals surface area (Å²) in [7, 11) is 2.02. The minimum Gasteiger partial charge on any atom is -0.310 e. The van der Waals surface area contributed by atoms with Gasteiger partial charge in [0.05, 0.1) is 5.69 Å². The molecule has 0 aromatic carbocycles. The smallest absolute Gasteiger partial charge is 0.0644 e. The fourth-order valence-corrected chi connectivity index (χ4v) is 3.06. The Kier molecular flexibility index (Phi) is 7.54. The van der Waals surface area contributed by atoms with Crippen molar-refractivity contribution in [2.75, 3.05) is 18.6 Å². The van der Waals surface area contributed by atoms with Crippen LogP contribution < -0.4 is 5.32 Å². The molecule has 110 valence electrons. The Labute approximate surface area is 122 Å². The van der Waals surface area contributed by atoms with Crippen LogP contribution in [0.3, 0.4) is 0 Å². The number of hydrogen-bond acceptors (Lipinski definition) is 3. The lowest BCUT2D eigenvalue weighted by atomic mass is 10.1. The fourth-order valence-electron chi connectivity index (χ4n) is 2.56. The lowest BCUT2D eigenvalue weighted by molar-refractivity contribution is 0.533. The third-order valence-corrected chi connectivity index (χ3v) is 4.42. The summed E-state index contributed by atoms with van der Waals surface area (Å²) in [6.45, 7) is 7.60. The summed E-state index contributed by atoms with van der Waals surface area (Å²) in [6, 6.07) is 0.403. The van der Waals surface area contributed by atoms with Crippen molar-refractivity contribution in [3.05, 3.63) is 17.0 Å². The molecule has 0 radical (unpaired) electrons. The number of aromatic nitrogens is 2. The summed E-state index contributed by atoms with van der Waals surface area (Å²) in [4.78, 5) is 0. The Morgan fingerprint density at radius 2 is 1.89 bits per heavy atom. The van der Waals surface area contributed by atoms with Gasteiger partial charge in [-0.25, -0.2) is 0 Å². The highest BCUT2D eigenvalue weighted by atomic mass is 32.2. The number of rotatable bonds is 9. The summed E-state index contributed by atoms with van der Waals surface area (Å²) < 4.78 is 1.98. The molecule has 0 spiro atoms. The summed E-state index contributed by atoms with van der Waals surface area (Å²) in [5.74, 6) is 1.30. The molecule has 0 aliphatic rings. The zero-order valence-electron chi connectivity index (χ0n) is 13.1. The Bertz CT molecular complexity index is 374. The van der Waals surface area contributed by atoms with Gasteiger partial charge in [0.2, 0.25) is 0 Å². The van der Waals surface area contributed by atoms with Crippen LogP contribution in [0.4, 0.5) is 0 Å². The lowest BCUT2D eigenvalue weighted by Crippen LogP contribution is -2.21. The van der Waals surface area contributed by atoms with Gasteiger partial charge in [-0.1, -0.05) is 12.8 Å². The van der Waals surface area contributed by atoms with E-state index >= 15 is 0 Å². The van der Waals surface area contributed by atoms with Crippen molar-refractivity contribution in [2.45, 2.75) is 52.5 Å². The van der Waals surface area contributed by atoms with Crippen LogP contribution in [0, 0.1) is 13.8 Å². The average Bonchev–Trinajstić information content (AvgIpc) is 2.62. The van der Waals surface area contributed by atoms with Crippen molar-refractivity contribution in [3.63, 3.8) is 0 Å². The zero-order chi connectivity index (χ0) is 14.3. The number of nitrogens with zero attached hydrogens (tertiary/aromatic N) is 2. The van der Waals surface area contributed by atoms with Crippen molar-refractivity contribution in [2.24, 2.45) is 7.05 Å². The second kappa shape index (κ2) is 8.64. The van der Waals surface area contributed by atoms with Gasteiger partial charge in [-0.3, -0.25) is 4.68 Å². The second-order valence-corrected chi connectivity index (χ2v) is 6.28. The van der Waals surface area contributed by atoms with Crippen LogP contribution in [0.5, 0.6) is 0 Å². The van der Waals surface area contributed by atoms with Gasteiger partial charge in [-0.2, -0.15) is 16.9 Å². The summed E-state index contributed by atoms with van der Waals surface area (Å²) >= 11 is 1.95. The monoisotopic (exact) mass is 283 g/mol. The van der Waals surface area contributed by atoms with Crippen molar-refractivity contribution in [1.29, 1.82) is 0 Å². The molecule has 1 aromatic rings. The first kappa shape index (κ1) is 16.6. The molecule has 0 saturated carbocycles. The third kappa shape index (κ3) is 5.19. The fraction of sp³-hybridized carbons (Fsp3) is 0.800. The van der Waals surface area contributed by atoms with E-state index in [4.69, 9.17) is 0 Å². The molecule has 4 heteroatoms. The van der Waals surface area contributed by atoms with Gasteiger partial charge in [0.25, 0.3) is 0 Å². The first-order valence-corrected chi connectivity index (χ1v) is 8.69. The second-order valence-electron chi connectivity index (χ2n) is 5.29. The number of unbranched alkanes of at least 4 members (excludes halogenated alkanes) is 3. The van der Waals surface area contributed by atoms with E-state index in [0.29, 0.717) is 6.04 Å². The number of thioether (sulfide) groups is 1. The van der Waals surface area contributed by atoms with E-state index < -0.39 is 0 Å². The van der Waals surface area contributed by atoms with Crippen LogP contribution in [0.1, 0.15) is 55.6 Å². The molecule has 0 aliphatic heterocycles. The highest BCUT2D eigenvalue weighted by Gasteiger charge is 2.15. The summed E-state index contributed by atoms with van der Waals surface area (Å²) in [5.41, 5.74) is 3.79. The van der Waals surface area contributed by atoms with Crippen LogP contribution in [0.25, 0.3) is 0 Å². The van der Waals surface area contributed by atoms with E-state index in [-0.39, 0.29) is 0 Å². The molecule has 0 fully saturated rings. The average molecular weight is 283 g/mol. The molecular weight excluding hydrogens is 254 g/mol. The largest absolute Gasteiger partial charge is 0.310 e. The minimum atomic E-state index is 0.403. The Morgan fingerprint density at radius 1 is 1.21 bits per heavy atom. The maximum absolute atomic E-state index is 4.48. The molecule has 0 aliphatic carbocycles.